The zero-order valence-electron chi connectivity index (χ0n) is 18.0. The van der Waals surface area contributed by atoms with E-state index in [2.05, 4.69) is 9.71 Å². The Bertz CT molecular complexity index is 1270. The number of carbonyl (C=O) groups excluding carboxylic acids is 2. The first-order chi connectivity index (χ1) is 15.7. The Balaban J connectivity index is 1.64. The van der Waals surface area contributed by atoms with E-state index in [1.165, 1.54) is 30.3 Å². The number of anilines is 1. The number of hydrogen-bond acceptors (Lipinski definition) is 9. The maximum Gasteiger partial charge on any atom is 0.340 e. The molecule has 170 valence electrons. The van der Waals surface area contributed by atoms with Crippen LogP contribution < -0.4 is 9.62 Å². The second kappa shape index (κ2) is 9.67. The van der Waals surface area contributed by atoms with Crippen molar-refractivity contribution in [3.05, 3.63) is 58.3 Å². The summed E-state index contributed by atoms with van der Waals surface area (Å²) in [6, 6.07) is 11.4. The van der Waals surface area contributed by atoms with Gasteiger partial charge in [-0.05, 0) is 37.6 Å². The van der Waals surface area contributed by atoms with E-state index in [1.54, 1.807) is 18.7 Å². The van der Waals surface area contributed by atoms with E-state index in [1.807, 2.05) is 12.1 Å². The van der Waals surface area contributed by atoms with Crippen LogP contribution in [0.15, 0.2) is 30.3 Å². The van der Waals surface area contributed by atoms with Gasteiger partial charge in [0.1, 0.15) is 11.9 Å². The number of nitrogens with one attached hydrogen (secondary N) is 1. The van der Waals surface area contributed by atoms with Crippen LogP contribution in [0.4, 0.5) is 5.82 Å². The Morgan fingerprint density at radius 2 is 1.88 bits per heavy atom. The second-order valence-corrected chi connectivity index (χ2v) is 9.18. The van der Waals surface area contributed by atoms with Crippen LogP contribution in [-0.4, -0.2) is 45.0 Å². The fourth-order valence-corrected chi connectivity index (χ4v) is 4.49. The maximum atomic E-state index is 12.4. The van der Waals surface area contributed by atoms with Crippen LogP contribution in [0.2, 0.25) is 0 Å². The number of ether oxygens (including phenoxy) is 1. The second-order valence-electron chi connectivity index (χ2n) is 7.46. The van der Waals surface area contributed by atoms with Gasteiger partial charge in [-0.1, -0.05) is 12.1 Å². The number of aryl methyl sites for hydroxylation is 1. The summed E-state index contributed by atoms with van der Waals surface area (Å²) in [6.45, 7) is 3.85. The molecule has 2 heterocycles. The highest BCUT2D eigenvalue weighted by Crippen LogP contribution is 2.28. The highest BCUT2D eigenvalue weighted by Gasteiger charge is 2.36. The van der Waals surface area contributed by atoms with Gasteiger partial charge in [0.15, 0.2) is 0 Å². The molecule has 1 saturated heterocycles. The number of aromatic nitrogens is 1. The summed E-state index contributed by atoms with van der Waals surface area (Å²) in [5.74, 6) is -1.88. The van der Waals surface area contributed by atoms with Crippen LogP contribution in [0.1, 0.15) is 39.7 Å². The summed E-state index contributed by atoms with van der Waals surface area (Å²) >= 11 is 0. The Morgan fingerprint density at radius 3 is 2.45 bits per heavy atom. The molecular weight excluding hydrogens is 446 g/mol. The number of benzene rings is 1. The van der Waals surface area contributed by atoms with E-state index in [4.69, 9.17) is 10.00 Å². The van der Waals surface area contributed by atoms with Crippen molar-refractivity contribution < 1.29 is 22.7 Å². The lowest BCUT2D eigenvalue weighted by molar-refractivity contribution is -0.123. The minimum Gasteiger partial charge on any atom is -0.462 e. The van der Waals surface area contributed by atoms with Crippen LogP contribution in [0.3, 0.4) is 0 Å². The Labute approximate surface area is 191 Å². The molecule has 0 spiro atoms. The lowest BCUT2D eigenvalue weighted by Gasteiger charge is -2.39. The number of carbonyl (C=O) groups is 2. The first-order valence-electron chi connectivity index (χ1n) is 10.0. The average molecular weight is 468 g/mol. The summed E-state index contributed by atoms with van der Waals surface area (Å²) in [5, 5.41) is 18.3. The first-order valence-corrected chi connectivity index (χ1v) is 11.7. The minimum atomic E-state index is -3.92. The summed E-state index contributed by atoms with van der Waals surface area (Å²) in [5.41, 5.74) is 1.60. The highest BCUT2D eigenvalue weighted by atomic mass is 32.2. The molecule has 1 aromatic carbocycles. The van der Waals surface area contributed by atoms with Crippen molar-refractivity contribution in [3.8, 4) is 12.1 Å². The fourth-order valence-electron chi connectivity index (χ4n) is 3.32. The van der Waals surface area contributed by atoms with Crippen molar-refractivity contribution in [1.29, 1.82) is 10.5 Å². The number of nitriles is 2. The maximum absolute atomic E-state index is 12.4. The highest BCUT2D eigenvalue weighted by molar-refractivity contribution is 7.89. The molecule has 0 radical (unpaired) electrons. The van der Waals surface area contributed by atoms with E-state index in [0.29, 0.717) is 22.6 Å². The van der Waals surface area contributed by atoms with Crippen molar-refractivity contribution in [1.82, 2.24) is 9.71 Å². The van der Waals surface area contributed by atoms with Gasteiger partial charge in [0, 0.05) is 13.1 Å². The molecule has 1 aromatic heterocycles. The standard InChI is InChI=1S/C22H21N5O5S/c1-3-32-22(29)19-8-17(10-24)20(25-14(19)2)27-11-18(12-27)21(28)26-33(30,31)13-16-6-4-15(9-23)5-7-16/h4-8,18H,3,11-13H2,1-2H3,(H,26,28). The Kier molecular flexibility index (Phi) is 6.95. The van der Waals surface area contributed by atoms with E-state index >= 15 is 0 Å². The van der Waals surface area contributed by atoms with E-state index < -0.39 is 33.6 Å². The third-order valence-electron chi connectivity index (χ3n) is 5.06. The number of pyridine rings is 1. The fraction of sp³-hybridized carbons (Fsp3) is 0.318. The monoisotopic (exact) mass is 467 g/mol. The molecule has 1 aliphatic heterocycles. The predicted octanol–water partition coefficient (Wildman–Crippen LogP) is 1.39. The van der Waals surface area contributed by atoms with E-state index in [9.17, 15) is 23.3 Å². The predicted molar refractivity (Wildman–Crippen MR) is 117 cm³/mol. The molecule has 3 rings (SSSR count). The zero-order valence-corrected chi connectivity index (χ0v) is 18.8. The molecule has 10 nitrogen and oxygen atoms in total. The molecule has 1 amide bonds. The van der Waals surface area contributed by atoms with Crippen LogP contribution in [-0.2, 0) is 25.3 Å². The van der Waals surface area contributed by atoms with Gasteiger partial charge in [0.05, 0.1) is 46.7 Å². The SMILES string of the molecule is CCOC(=O)c1cc(C#N)c(N2CC(C(=O)NS(=O)(=O)Cc3ccc(C#N)cc3)C2)nc1C. The molecule has 0 bridgehead atoms. The molecule has 0 unspecified atom stereocenters. The third kappa shape index (κ3) is 5.45. The summed E-state index contributed by atoms with van der Waals surface area (Å²) < 4.78 is 31.8. The smallest absolute Gasteiger partial charge is 0.340 e. The van der Waals surface area contributed by atoms with Gasteiger partial charge in [-0.2, -0.15) is 10.5 Å². The molecule has 0 saturated carbocycles. The van der Waals surface area contributed by atoms with Gasteiger partial charge in [0.25, 0.3) is 0 Å². The van der Waals surface area contributed by atoms with Crippen molar-refractivity contribution in [3.63, 3.8) is 0 Å². The topological polar surface area (TPSA) is 153 Å². The number of sulfonamides is 1. The molecule has 1 fully saturated rings. The van der Waals surface area contributed by atoms with Crippen LogP contribution in [0, 0.1) is 35.5 Å². The number of hydrogen-bond donors (Lipinski definition) is 1. The quantitative estimate of drug-likeness (QED) is 0.595. The number of rotatable bonds is 7. The van der Waals surface area contributed by atoms with Crippen molar-refractivity contribution >= 4 is 27.7 Å². The third-order valence-corrected chi connectivity index (χ3v) is 6.28. The van der Waals surface area contributed by atoms with Crippen LogP contribution in [0.25, 0.3) is 0 Å². The molecule has 11 heteroatoms. The van der Waals surface area contributed by atoms with Crippen molar-refractivity contribution in [2.75, 3.05) is 24.6 Å². The molecule has 1 N–H and O–H groups in total. The van der Waals surface area contributed by atoms with Gasteiger partial charge in [-0.3, -0.25) is 9.52 Å². The molecule has 1 aliphatic rings. The summed E-state index contributed by atoms with van der Waals surface area (Å²) in [6.07, 6.45) is 0. The van der Waals surface area contributed by atoms with E-state index in [-0.39, 0.29) is 30.8 Å². The van der Waals surface area contributed by atoms with Gasteiger partial charge in [-0.25, -0.2) is 18.2 Å². The van der Waals surface area contributed by atoms with Gasteiger partial charge in [0.2, 0.25) is 15.9 Å². The molecule has 0 atom stereocenters. The lowest BCUT2D eigenvalue weighted by Crippen LogP contribution is -2.55. The zero-order chi connectivity index (χ0) is 24.2. The number of esters is 1. The number of amides is 1. The summed E-state index contributed by atoms with van der Waals surface area (Å²) in [4.78, 5) is 30.5. The van der Waals surface area contributed by atoms with Gasteiger partial charge >= 0.3 is 5.97 Å². The molecule has 33 heavy (non-hydrogen) atoms. The van der Waals surface area contributed by atoms with Crippen LogP contribution >= 0.6 is 0 Å². The van der Waals surface area contributed by atoms with Gasteiger partial charge < -0.3 is 9.64 Å². The lowest BCUT2D eigenvalue weighted by atomic mass is 9.98. The average Bonchev–Trinajstić information content (AvgIpc) is 2.72. The van der Waals surface area contributed by atoms with Crippen molar-refractivity contribution in [2.24, 2.45) is 5.92 Å². The summed E-state index contributed by atoms with van der Waals surface area (Å²) in [7, 11) is -3.92. The van der Waals surface area contributed by atoms with Gasteiger partial charge in [-0.15, -0.1) is 0 Å². The Hall–Kier alpha value is -3.96. The van der Waals surface area contributed by atoms with E-state index in [0.717, 1.165) is 0 Å². The van der Waals surface area contributed by atoms with Crippen molar-refractivity contribution in [2.45, 2.75) is 19.6 Å². The normalized spacial score (nSPS) is 13.4. The van der Waals surface area contributed by atoms with Crippen LogP contribution in [0.5, 0.6) is 0 Å². The Morgan fingerprint density at radius 1 is 1.21 bits per heavy atom. The molecule has 0 aliphatic carbocycles. The molecule has 2 aromatic rings. The number of nitrogens with zero attached hydrogens (tertiary/aromatic N) is 4. The minimum absolute atomic E-state index is 0.163. The molecular formula is C22H21N5O5S. The first kappa shape index (κ1) is 23.7. The largest absolute Gasteiger partial charge is 0.462 e.